The lowest BCUT2D eigenvalue weighted by Gasteiger charge is -2.34. The van der Waals surface area contributed by atoms with Gasteiger partial charge in [-0.1, -0.05) is 31.9 Å². The molecule has 114 valence electrons. The lowest BCUT2D eigenvalue weighted by Crippen LogP contribution is -2.34. The molecule has 1 aromatic rings. The summed E-state index contributed by atoms with van der Waals surface area (Å²) >= 11 is 6.40. The zero-order chi connectivity index (χ0) is 14.8. The maximum atomic E-state index is 6.40. The van der Waals surface area contributed by atoms with E-state index in [4.69, 9.17) is 16.3 Å². The van der Waals surface area contributed by atoms with E-state index in [9.17, 15) is 0 Å². The number of nitrogens with one attached hydrogen (secondary N) is 1. The summed E-state index contributed by atoms with van der Waals surface area (Å²) < 4.78 is 7.15. The average Bonchev–Trinajstić information content (AvgIpc) is 2.93. The Hall–Kier alpha value is -0.580. The summed E-state index contributed by atoms with van der Waals surface area (Å²) in [6, 6.07) is 0.249. The van der Waals surface area contributed by atoms with Crippen LogP contribution < -0.4 is 5.32 Å². The molecule has 0 aliphatic heterocycles. The average molecular weight is 300 g/mol. The van der Waals surface area contributed by atoms with E-state index >= 15 is 0 Å². The first kappa shape index (κ1) is 15.8. The van der Waals surface area contributed by atoms with E-state index in [2.05, 4.69) is 24.3 Å². The number of ether oxygens (including phenoxy) is 1. The molecular weight excluding hydrogens is 274 g/mol. The summed E-state index contributed by atoms with van der Waals surface area (Å²) in [6.45, 7) is 6.11. The quantitative estimate of drug-likeness (QED) is 0.876. The second kappa shape index (κ2) is 6.46. The Kier molecular flexibility index (Phi) is 5.10. The molecule has 1 N–H and O–H groups in total. The molecule has 20 heavy (non-hydrogen) atoms. The molecule has 5 heteroatoms. The van der Waals surface area contributed by atoms with Crippen LogP contribution in [-0.4, -0.2) is 30.5 Å². The molecule has 0 amide bonds. The predicted molar refractivity (Wildman–Crippen MR) is 82.0 cm³/mol. The lowest BCUT2D eigenvalue weighted by molar-refractivity contribution is 0.172. The van der Waals surface area contributed by atoms with E-state index in [0.29, 0.717) is 17.9 Å². The third-order valence-corrected chi connectivity index (χ3v) is 4.98. The fourth-order valence-electron chi connectivity index (χ4n) is 3.54. The minimum atomic E-state index is 0.249. The molecule has 1 saturated carbocycles. The number of hydrogen-bond acceptors (Lipinski definition) is 3. The Morgan fingerprint density at radius 3 is 2.90 bits per heavy atom. The fourth-order valence-corrected chi connectivity index (χ4v) is 3.80. The molecule has 1 aliphatic rings. The van der Waals surface area contributed by atoms with Gasteiger partial charge in [-0.05, 0) is 31.2 Å². The largest absolute Gasteiger partial charge is 0.383 e. The van der Waals surface area contributed by atoms with E-state index in [0.717, 1.165) is 17.3 Å². The lowest BCUT2D eigenvalue weighted by atomic mass is 9.76. The number of methoxy groups -OCH3 is 1. The van der Waals surface area contributed by atoms with E-state index < -0.39 is 0 Å². The normalized spacial score (nSPS) is 23.1. The van der Waals surface area contributed by atoms with Crippen molar-refractivity contribution in [1.29, 1.82) is 0 Å². The molecule has 2 atom stereocenters. The number of nitrogens with zero attached hydrogens (tertiary/aromatic N) is 2. The van der Waals surface area contributed by atoms with Crippen molar-refractivity contribution in [2.24, 2.45) is 11.3 Å². The standard InChI is InChI=1S/C15H26ClN3O/c1-15(2)7-5-6-11(15)13(17-3)14-12(16)10-18-19(14)8-9-20-4/h10-11,13,17H,5-9H2,1-4H3. The van der Waals surface area contributed by atoms with Crippen LogP contribution in [0.2, 0.25) is 5.02 Å². The van der Waals surface area contributed by atoms with Gasteiger partial charge in [0, 0.05) is 7.11 Å². The van der Waals surface area contributed by atoms with Gasteiger partial charge in [0.2, 0.25) is 0 Å². The highest BCUT2D eigenvalue weighted by molar-refractivity contribution is 6.31. The Bertz CT molecular complexity index is 444. The molecule has 0 radical (unpaired) electrons. The smallest absolute Gasteiger partial charge is 0.0834 e. The highest BCUT2D eigenvalue weighted by Gasteiger charge is 2.41. The monoisotopic (exact) mass is 299 g/mol. The van der Waals surface area contributed by atoms with Gasteiger partial charge in [-0.25, -0.2) is 0 Å². The number of hydrogen-bond donors (Lipinski definition) is 1. The van der Waals surface area contributed by atoms with Crippen molar-refractivity contribution in [2.75, 3.05) is 20.8 Å². The molecule has 0 saturated heterocycles. The summed E-state index contributed by atoms with van der Waals surface area (Å²) in [5, 5.41) is 8.63. The van der Waals surface area contributed by atoms with Crippen LogP contribution in [0, 0.1) is 11.3 Å². The zero-order valence-electron chi connectivity index (χ0n) is 12.9. The van der Waals surface area contributed by atoms with Crippen LogP contribution in [0.4, 0.5) is 0 Å². The van der Waals surface area contributed by atoms with E-state index in [1.165, 1.54) is 19.3 Å². The van der Waals surface area contributed by atoms with Crippen molar-refractivity contribution < 1.29 is 4.74 Å². The van der Waals surface area contributed by atoms with Gasteiger partial charge in [0.05, 0.1) is 36.1 Å². The highest BCUT2D eigenvalue weighted by Crippen LogP contribution is 2.49. The molecular formula is C15H26ClN3O. The molecule has 2 rings (SSSR count). The van der Waals surface area contributed by atoms with Crippen LogP contribution in [0.15, 0.2) is 6.20 Å². The maximum absolute atomic E-state index is 6.40. The van der Waals surface area contributed by atoms with E-state index in [-0.39, 0.29) is 6.04 Å². The maximum Gasteiger partial charge on any atom is 0.0834 e. The summed E-state index contributed by atoms with van der Waals surface area (Å²) in [4.78, 5) is 0. The second-order valence-electron chi connectivity index (χ2n) is 6.35. The third kappa shape index (κ3) is 3.02. The Balaban J connectivity index is 2.29. The van der Waals surface area contributed by atoms with Gasteiger partial charge in [-0.3, -0.25) is 4.68 Å². The predicted octanol–water partition coefficient (Wildman–Crippen LogP) is 3.27. The van der Waals surface area contributed by atoms with Gasteiger partial charge in [0.25, 0.3) is 0 Å². The second-order valence-corrected chi connectivity index (χ2v) is 6.75. The molecule has 4 nitrogen and oxygen atoms in total. The van der Waals surface area contributed by atoms with Crippen LogP contribution in [0.5, 0.6) is 0 Å². The molecule has 0 aromatic carbocycles. The van der Waals surface area contributed by atoms with Crippen LogP contribution >= 0.6 is 11.6 Å². The first-order valence-electron chi connectivity index (χ1n) is 7.38. The van der Waals surface area contributed by atoms with E-state index in [1.54, 1.807) is 13.3 Å². The van der Waals surface area contributed by atoms with Crippen molar-refractivity contribution >= 4 is 11.6 Å². The SMILES string of the molecule is CNC(c1c(Cl)cnn1CCOC)C1CCCC1(C)C. The Morgan fingerprint density at radius 2 is 2.35 bits per heavy atom. The van der Waals surface area contributed by atoms with Crippen molar-refractivity contribution in [3.05, 3.63) is 16.9 Å². The number of rotatable bonds is 6. The van der Waals surface area contributed by atoms with Crippen LogP contribution in [-0.2, 0) is 11.3 Å². The number of halogens is 1. The van der Waals surface area contributed by atoms with Gasteiger partial charge >= 0.3 is 0 Å². The summed E-state index contributed by atoms with van der Waals surface area (Å²) in [5.41, 5.74) is 1.44. The van der Waals surface area contributed by atoms with Gasteiger partial charge in [-0.15, -0.1) is 0 Å². The van der Waals surface area contributed by atoms with Gasteiger partial charge < -0.3 is 10.1 Å². The topological polar surface area (TPSA) is 39.1 Å². The van der Waals surface area contributed by atoms with Gasteiger partial charge in [-0.2, -0.15) is 5.10 Å². The minimum absolute atomic E-state index is 0.249. The van der Waals surface area contributed by atoms with E-state index in [1.807, 2.05) is 11.7 Å². The molecule has 1 aromatic heterocycles. The van der Waals surface area contributed by atoms with Crippen molar-refractivity contribution in [2.45, 2.75) is 45.7 Å². The van der Waals surface area contributed by atoms with Crippen molar-refractivity contribution in [3.8, 4) is 0 Å². The number of aromatic nitrogens is 2. The summed E-state index contributed by atoms with van der Waals surface area (Å²) in [7, 11) is 3.73. The van der Waals surface area contributed by atoms with Crippen LogP contribution in [0.3, 0.4) is 0 Å². The zero-order valence-corrected chi connectivity index (χ0v) is 13.7. The van der Waals surface area contributed by atoms with Crippen LogP contribution in [0.1, 0.15) is 44.8 Å². The molecule has 0 bridgehead atoms. The molecule has 2 unspecified atom stereocenters. The van der Waals surface area contributed by atoms with Crippen molar-refractivity contribution in [3.63, 3.8) is 0 Å². The first-order valence-corrected chi connectivity index (χ1v) is 7.76. The molecule has 1 fully saturated rings. The van der Waals surface area contributed by atoms with Gasteiger partial charge in [0.1, 0.15) is 0 Å². The Morgan fingerprint density at radius 1 is 1.60 bits per heavy atom. The third-order valence-electron chi connectivity index (χ3n) is 4.69. The summed E-state index contributed by atoms with van der Waals surface area (Å²) in [5.74, 6) is 0.586. The molecule has 0 spiro atoms. The highest BCUT2D eigenvalue weighted by atomic mass is 35.5. The fraction of sp³-hybridized carbons (Fsp3) is 0.800. The molecule has 1 heterocycles. The van der Waals surface area contributed by atoms with Crippen molar-refractivity contribution in [1.82, 2.24) is 15.1 Å². The minimum Gasteiger partial charge on any atom is -0.383 e. The summed E-state index contributed by atoms with van der Waals surface area (Å²) in [6.07, 6.45) is 5.56. The molecule has 1 aliphatic carbocycles. The van der Waals surface area contributed by atoms with Crippen LogP contribution in [0.25, 0.3) is 0 Å². The van der Waals surface area contributed by atoms with Gasteiger partial charge in [0.15, 0.2) is 0 Å². The first-order chi connectivity index (χ1) is 9.51. The Labute approximate surface area is 126 Å².